The molecule has 1 amide bonds. The zero-order chi connectivity index (χ0) is 14.8. The van der Waals surface area contributed by atoms with Gasteiger partial charge in [-0.15, -0.1) is 0 Å². The average Bonchev–Trinajstić information content (AvgIpc) is 2.42. The summed E-state index contributed by atoms with van der Waals surface area (Å²) in [6, 6.07) is -1.31. The Bertz CT molecular complexity index is 273. The summed E-state index contributed by atoms with van der Waals surface area (Å²) in [6.07, 6.45) is -1.94. The number of hydrogen-bond acceptors (Lipinski definition) is 6. The molecule has 4 atom stereocenters. The van der Waals surface area contributed by atoms with Crippen LogP contribution in [0.4, 0.5) is 0 Å². The molecule has 0 aromatic carbocycles. The van der Waals surface area contributed by atoms with Crippen LogP contribution in [0.25, 0.3) is 0 Å². The highest BCUT2D eigenvalue weighted by molar-refractivity contribution is 5.79. The molecule has 7 nitrogen and oxygen atoms in total. The number of hydrogen-bond donors (Lipinski definition) is 5. The van der Waals surface area contributed by atoms with E-state index in [0.717, 1.165) is 12.8 Å². The number of aliphatic hydroxyl groups excluding tert-OH is 4. The van der Waals surface area contributed by atoms with Gasteiger partial charge in [0, 0.05) is 6.42 Å². The summed E-state index contributed by atoms with van der Waals surface area (Å²) in [5, 5.41) is 39.1. The van der Waals surface area contributed by atoms with Crippen molar-refractivity contribution in [2.75, 3.05) is 6.61 Å². The van der Waals surface area contributed by atoms with E-state index in [2.05, 4.69) is 5.32 Å². The van der Waals surface area contributed by atoms with Crippen molar-refractivity contribution < 1.29 is 30.0 Å². The van der Waals surface area contributed by atoms with E-state index in [9.17, 15) is 19.8 Å². The van der Waals surface area contributed by atoms with E-state index in [1.807, 2.05) is 6.92 Å². The van der Waals surface area contributed by atoms with Crippen LogP contribution >= 0.6 is 0 Å². The first kappa shape index (κ1) is 18.0. The van der Waals surface area contributed by atoms with E-state index >= 15 is 0 Å². The Balaban J connectivity index is 4.32. The van der Waals surface area contributed by atoms with E-state index in [0.29, 0.717) is 6.42 Å². The van der Waals surface area contributed by atoms with Gasteiger partial charge in [-0.25, -0.2) is 0 Å². The van der Waals surface area contributed by atoms with Gasteiger partial charge in [-0.05, 0) is 6.42 Å². The number of aldehydes is 1. The van der Waals surface area contributed by atoms with Gasteiger partial charge in [0.1, 0.15) is 30.6 Å². The topological polar surface area (TPSA) is 127 Å². The van der Waals surface area contributed by atoms with Crippen LogP contribution in [-0.2, 0) is 9.59 Å². The van der Waals surface area contributed by atoms with Crippen molar-refractivity contribution in [3.63, 3.8) is 0 Å². The second-order valence-corrected chi connectivity index (χ2v) is 4.42. The average molecular weight is 277 g/mol. The Morgan fingerprint density at radius 2 is 1.84 bits per heavy atom. The number of rotatable bonds is 10. The molecule has 0 heterocycles. The summed E-state index contributed by atoms with van der Waals surface area (Å²) in [5.41, 5.74) is 0. The van der Waals surface area contributed by atoms with Crippen LogP contribution in [0.2, 0.25) is 0 Å². The molecule has 0 saturated heterocycles. The molecule has 5 N–H and O–H groups in total. The fourth-order valence-corrected chi connectivity index (χ4v) is 1.54. The van der Waals surface area contributed by atoms with Crippen molar-refractivity contribution in [2.45, 2.75) is 57.0 Å². The van der Waals surface area contributed by atoms with Gasteiger partial charge in [0.25, 0.3) is 0 Å². The standard InChI is InChI=1S/C12H23NO6/c1-2-3-4-5-10(17)13-8(6-14)11(18)12(19)9(16)7-15/h6,8-9,11-12,15-16,18-19H,2-5,7H2,1H3,(H,13,17)/t8-,9-,11-,12-/m1/s1. The molecular formula is C12H23NO6. The third-order valence-corrected chi connectivity index (χ3v) is 2.78. The molecule has 0 aromatic rings. The maximum Gasteiger partial charge on any atom is 0.220 e. The lowest BCUT2D eigenvalue weighted by atomic mass is 10.0. The monoisotopic (exact) mass is 277 g/mol. The lowest BCUT2D eigenvalue weighted by molar-refractivity contribution is -0.131. The van der Waals surface area contributed by atoms with Gasteiger partial charge in [0.15, 0.2) is 0 Å². The number of carbonyl (C=O) groups is 2. The largest absolute Gasteiger partial charge is 0.394 e. The SMILES string of the molecule is CCCCCC(=O)N[C@H](C=O)[C@@H](O)[C@H](O)[C@H](O)CO. The van der Waals surface area contributed by atoms with Crippen LogP contribution in [0.15, 0.2) is 0 Å². The molecule has 0 radical (unpaired) electrons. The summed E-state index contributed by atoms with van der Waals surface area (Å²) >= 11 is 0. The molecule has 19 heavy (non-hydrogen) atoms. The van der Waals surface area contributed by atoms with Crippen LogP contribution in [0.1, 0.15) is 32.6 Å². The minimum atomic E-state index is -1.71. The Morgan fingerprint density at radius 1 is 1.21 bits per heavy atom. The van der Waals surface area contributed by atoms with E-state index in [1.54, 1.807) is 0 Å². The highest BCUT2D eigenvalue weighted by atomic mass is 16.4. The Kier molecular flexibility index (Phi) is 9.32. The van der Waals surface area contributed by atoms with Crippen LogP contribution in [0.3, 0.4) is 0 Å². The Labute approximate surface area is 112 Å². The number of amides is 1. The first-order valence-electron chi connectivity index (χ1n) is 6.37. The van der Waals surface area contributed by atoms with Gasteiger partial charge < -0.3 is 30.5 Å². The fraction of sp³-hybridized carbons (Fsp3) is 0.833. The Hall–Kier alpha value is -1.02. The van der Waals surface area contributed by atoms with Crippen molar-refractivity contribution >= 4 is 12.2 Å². The highest BCUT2D eigenvalue weighted by Gasteiger charge is 2.31. The number of carbonyl (C=O) groups excluding carboxylic acids is 2. The molecule has 0 fully saturated rings. The van der Waals surface area contributed by atoms with Crippen LogP contribution < -0.4 is 5.32 Å². The number of nitrogens with one attached hydrogen (secondary N) is 1. The van der Waals surface area contributed by atoms with Crippen LogP contribution in [0, 0.1) is 0 Å². The van der Waals surface area contributed by atoms with Crippen molar-refractivity contribution in [1.29, 1.82) is 0 Å². The summed E-state index contributed by atoms with van der Waals surface area (Å²) < 4.78 is 0. The predicted octanol–water partition coefficient (Wildman–Crippen LogP) is -1.67. The van der Waals surface area contributed by atoms with Crippen LogP contribution in [-0.4, -0.2) is 63.6 Å². The van der Waals surface area contributed by atoms with E-state index < -0.39 is 36.9 Å². The quantitative estimate of drug-likeness (QED) is 0.240. The first-order valence-corrected chi connectivity index (χ1v) is 6.37. The zero-order valence-corrected chi connectivity index (χ0v) is 11.0. The third kappa shape index (κ3) is 6.63. The third-order valence-electron chi connectivity index (χ3n) is 2.78. The second kappa shape index (κ2) is 9.85. The molecule has 0 unspecified atom stereocenters. The smallest absolute Gasteiger partial charge is 0.220 e. The van der Waals surface area contributed by atoms with Gasteiger partial charge in [-0.1, -0.05) is 19.8 Å². The molecule has 0 aliphatic heterocycles. The minimum absolute atomic E-state index is 0.226. The second-order valence-electron chi connectivity index (χ2n) is 4.42. The summed E-state index contributed by atoms with van der Waals surface area (Å²) in [7, 11) is 0. The normalized spacial score (nSPS) is 17.3. The van der Waals surface area contributed by atoms with Crippen molar-refractivity contribution in [2.24, 2.45) is 0 Å². The van der Waals surface area contributed by atoms with E-state index in [1.165, 1.54) is 0 Å². The lowest BCUT2D eigenvalue weighted by Gasteiger charge is -2.26. The molecule has 0 saturated carbocycles. The Morgan fingerprint density at radius 3 is 2.32 bits per heavy atom. The predicted molar refractivity (Wildman–Crippen MR) is 67.2 cm³/mol. The van der Waals surface area contributed by atoms with Gasteiger partial charge in [0.05, 0.1) is 6.61 Å². The van der Waals surface area contributed by atoms with Crippen molar-refractivity contribution in [1.82, 2.24) is 5.32 Å². The van der Waals surface area contributed by atoms with Crippen molar-refractivity contribution in [3.8, 4) is 0 Å². The van der Waals surface area contributed by atoms with Gasteiger partial charge >= 0.3 is 0 Å². The molecular weight excluding hydrogens is 254 g/mol. The van der Waals surface area contributed by atoms with Crippen molar-refractivity contribution in [3.05, 3.63) is 0 Å². The van der Waals surface area contributed by atoms with Gasteiger partial charge in [-0.2, -0.15) is 0 Å². The van der Waals surface area contributed by atoms with E-state index in [-0.39, 0.29) is 12.7 Å². The number of aliphatic hydroxyl groups is 4. The molecule has 0 aromatic heterocycles. The number of unbranched alkanes of at least 4 members (excludes halogenated alkanes) is 2. The first-order chi connectivity index (χ1) is 8.97. The summed E-state index contributed by atoms with van der Waals surface area (Å²) in [6.45, 7) is 1.23. The minimum Gasteiger partial charge on any atom is -0.394 e. The molecule has 112 valence electrons. The van der Waals surface area contributed by atoms with Crippen LogP contribution in [0.5, 0.6) is 0 Å². The maximum atomic E-state index is 11.5. The maximum absolute atomic E-state index is 11.5. The van der Waals surface area contributed by atoms with Gasteiger partial charge in [0.2, 0.25) is 5.91 Å². The fourth-order valence-electron chi connectivity index (χ4n) is 1.54. The molecule has 0 spiro atoms. The highest BCUT2D eigenvalue weighted by Crippen LogP contribution is 2.05. The van der Waals surface area contributed by atoms with E-state index in [4.69, 9.17) is 10.2 Å². The van der Waals surface area contributed by atoms with Gasteiger partial charge in [-0.3, -0.25) is 4.79 Å². The molecule has 0 bridgehead atoms. The molecule has 0 aliphatic rings. The summed E-state index contributed by atoms with van der Waals surface area (Å²) in [5.74, 6) is -0.407. The lowest BCUT2D eigenvalue weighted by Crippen LogP contribution is -2.53. The zero-order valence-electron chi connectivity index (χ0n) is 11.0. The molecule has 0 rings (SSSR count). The molecule has 0 aliphatic carbocycles. The molecule has 7 heteroatoms. The summed E-state index contributed by atoms with van der Waals surface area (Å²) in [4.78, 5) is 22.3.